The van der Waals surface area contributed by atoms with E-state index in [-0.39, 0.29) is 0 Å². The summed E-state index contributed by atoms with van der Waals surface area (Å²) in [6.45, 7) is 1.40. The summed E-state index contributed by atoms with van der Waals surface area (Å²) in [7, 11) is 0. The Balaban J connectivity index is 2.70. The molecule has 2 N–H and O–H groups in total. The molecule has 1 fully saturated rings. The van der Waals surface area contributed by atoms with Crippen molar-refractivity contribution in [1.29, 1.82) is 0 Å². The molecule has 2 amide bonds. The molecule has 1 rings (SSSR count). The van der Waals surface area contributed by atoms with E-state index in [0.717, 1.165) is 11.8 Å². The molecule has 0 aliphatic carbocycles. The van der Waals surface area contributed by atoms with Gasteiger partial charge in [0.15, 0.2) is 0 Å². The Bertz CT molecular complexity index is 252. The third-order valence-electron chi connectivity index (χ3n) is 1.56. The predicted octanol–water partition coefficient (Wildman–Crippen LogP) is 0.0587. The number of carbonyl (C=O) groups is 3. The van der Waals surface area contributed by atoms with Crippen molar-refractivity contribution in [2.24, 2.45) is 5.92 Å². The first-order chi connectivity index (χ1) is 5.52. The van der Waals surface area contributed by atoms with Gasteiger partial charge in [-0.05, 0) is 0 Å². The number of hydrogen-bond acceptors (Lipinski definition) is 4. The van der Waals surface area contributed by atoms with Crippen molar-refractivity contribution in [1.82, 2.24) is 5.32 Å². The van der Waals surface area contributed by atoms with E-state index in [1.807, 2.05) is 5.32 Å². The van der Waals surface area contributed by atoms with Crippen molar-refractivity contribution in [3.05, 3.63) is 0 Å². The summed E-state index contributed by atoms with van der Waals surface area (Å²) in [6, 6.07) is 0. The normalized spacial score (nSPS) is 25.2. The number of nitrogens with one attached hydrogen (secondary N) is 1. The Morgan fingerprint density at radius 3 is 2.58 bits per heavy atom. The molecular weight excluding hydrogens is 182 g/mol. The minimum atomic E-state index is -1.07. The summed E-state index contributed by atoms with van der Waals surface area (Å²) in [5.74, 6) is -2.42. The second-order valence-electron chi connectivity index (χ2n) is 2.44. The van der Waals surface area contributed by atoms with Crippen LogP contribution in [0.1, 0.15) is 6.92 Å². The van der Waals surface area contributed by atoms with E-state index in [2.05, 4.69) is 0 Å². The van der Waals surface area contributed by atoms with E-state index in [4.69, 9.17) is 5.11 Å². The largest absolute Gasteiger partial charge is 0.481 e. The first kappa shape index (κ1) is 9.05. The molecule has 1 saturated heterocycles. The molecular formula is C6H7NO4S. The maximum absolute atomic E-state index is 10.9. The van der Waals surface area contributed by atoms with Gasteiger partial charge in [0.1, 0.15) is 5.25 Å². The maximum Gasteiger partial charge on any atom is 0.307 e. The summed E-state index contributed by atoms with van der Waals surface area (Å²) >= 11 is 0.730. The number of rotatable bonds is 2. The lowest BCUT2D eigenvalue weighted by atomic mass is 10.1. The smallest absolute Gasteiger partial charge is 0.307 e. The standard InChI is InChI=1S/C6H7NO4S/c1-2(5(9)10)3-4(8)7-6(11)12-3/h2-3H,1H3,(H,9,10)(H,7,8,11)/t2-,3-/m1/s1. The molecule has 66 valence electrons. The minimum Gasteiger partial charge on any atom is -0.481 e. The number of thioether (sulfide) groups is 1. The van der Waals surface area contributed by atoms with Gasteiger partial charge in [0, 0.05) is 0 Å². The van der Waals surface area contributed by atoms with Crippen LogP contribution in [0.15, 0.2) is 0 Å². The maximum atomic E-state index is 10.9. The van der Waals surface area contributed by atoms with E-state index in [9.17, 15) is 14.4 Å². The van der Waals surface area contributed by atoms with Crippen LogP contribution in [0.3, 0.4) is 0 Å². The van der Waals surface area contributed by atoms with Crippen LogP contribution in [-0.2, 0) is 9.59 Å². The number of aliphatic carboxylic acids is 1. The molecule has 1 aliphatic heterocycles. The molecule has 0 saturated carbocycles. The summed E-state index contributed by atoms with van der Waals surface area (Å²) in [5, 5.41) is 9.31. The average molecular weight is 189 g/mol. The van der Waals surface area contributed by atoms with Crippen molar-refractivity contribution in [3.8, 4) is 0 Å². The van der Waals surface area contributed by atoms with Crippen LogP contribution >= 0.6 is 11.8 Å². The van der Waals surface area contributed by atoms with Crippen molar-refractivity contribution in [2.45, 2.75) is 12.2 Å². The van der Waals surface area contributed by atoms with Gasteiger partial charge >= 0.3 is 5.97 Å². The van der Waals surface area contributed by atoms with Crippen molar-refractivity contribution >= 4 is 28.9 Å². The summed E-state index contributed by atoms with van der Waals surface area (Å²) in [6.07, 6.45) is 0. The highest BCUT2D eigenvalue weighted by molar-refractivity contribution is 8.15. The molecule has 0 bridgehead atoms. The molecule has 2 atom stereocenters. The topological polar surface area (TPSA) is 83.5 Å². The Morgan fingerprint density at radius 1 is 1.67 bits per heavy atom. The fraction of sp³-hybridized carbons (Fsp3) is 0.500. The zero-order valence-corrected chi connectivity index (χ0v) is 7.05. The quantitative estimate of drug-likeness (QED) is 0.641. The molecule has 0 aromatic rings. The van der Waals surface area contributed by atoms with Gasteiger partial charge in [-0.3, -0.25) is 19.7 Å². The SMILES string of the molecule is C[C@@H](C(=O)O)[C@H]1SC(=O)NC1=O. The molecule has 0 unspecified atom stereocenters. The molecule has 0 aromatic carbocycles. The first-order valence-corrected chi connectivity index (χ1v) is 4.14. The lowest BCUT2D eigenvalue weighted by Gasteiger charge is -2.08. The Labute approximate surface area is 72.5 Å². The minimum absolute atomic E-state index is 0.474. The zero-order chi connectivity index (χ0) is 9.30. The van der Waals surface area contributed by atoms with Gasteiger partial charge in [-0.2, -0.15) is 0 Å². The highest BCUT2D eigenvalue weighted by atomic mass is 32.2. The third kappa shape index (κ3) is 1.58. The van der Waals surface area contributed by atoms with Crippen LogP contribution in [0.2, 0.25) is 0 Å². The number of amides is 2. The van der Waals surface area contributed by atoms with Crippen molar-refractivity contribution < 1.29 is 19.5 Å². The molecule has 12 heavy (non-hydrogen) atoms. The van der Waals surface area contributed by atoms with Gasteiger partial charge in [-0.25, -0.2) is 0 Å². The molecule has 0 aromatic heterocycles. The Hall–Kier alpha value is -1.04. The van der Waals surface area contributed by atoms with E-state index < -0.39 is 28.3 Å². The highest BCUT2D eigenvalue weighted by Gasteiger charge is 2.38. The lowest BCUT2D eigenvalue weighted by Crippen LogP contribution is -2.32. The number of hydrogen-bond donors (Lipinski definition) is 2. The van der Waals surface area contributed by atoms with Crippen LogP contribution in [0.5, 0.6) is 0 Å². The second-order valence-corrected chi connectivity index (χ2v) is 3.56. The Morgan fingerprint density at radius 2 is 2.25 bits per heavy atom. The molecule has 0 spiro atoms. The number of carboxylic acids is 1. The molecule has 1 heterocycles. The van der Waals surface area contributed by atoms with E-state index >= 15 is 0 Å². The molecule has 1 aliphatic rings. The van der Waals surface area contributed by atoms with E-state index in [1.165, 1.54) is 6.92 Å². The lowest BCUT2D eigenvalue weighted by molar-refractivity contribution is -0.142. The second kappa shape index (κ2) is 3.14. The zero-order valence-electron chi connectivity index (χ0n) is 6.23. The van der Waals surface area contributed by atoms with Crippen molar-refractivity contribution in [2.75, 3.05) is 0 Å². The van der Waals surface area contributed by atoms with Crippen LogP contribution in [0.4, 0.5) is 4.79 Å². The van der Waals surface area contributed by atoms with Crippen LogP contribution < -0.4 is 5.32 Å². The van der Waals surface area contributed by atoms with Gasteiger partial charge in [0.2, 0.25) is 5.91 Å². The monoisotopic (exact) mass is 189 g/mol. The first-order valence-electron chi connectivity index (χ1n) is 3.26. The average Bonchev–Trinajstić information content (AvgIpc) is 2.28. The van der Waals surface area contributed by atoms with Gasteiger partial charge in [0.05, 0.1) is 5.92 Å². The third-order valence-corrected chi connectivity index (χ3v) is 2.75. The van der Waals surface area contributed by atoms with Crippen LogP contribution in [-0.4, -0.2) is 27.5 Å². The van der Waals surface area contributed by atoms with Crippen molar-refractivity contribution in [3.63, 3.8) is 0 Å². The fourth-order valence-electron chi connectivity index (χ4n) is 0.829. The van der Waals surface area contributed by atoms with Gasteiger partial charge < -0.3 is 5.11 Å². The number of carbonyl (C=O) groups excluding carboxylic acids is 2. The number of imide groups is 1. The van der Waals surface area contributed by atoms with E-state index in [1.54, 1.807) is 0 Å². The molecule has 5 nitrogen and oxygen atoms in total. The summed E-state index contributed by atoms with van der Waals surface area (Å²) in [5.41, 5.74) is 0. The van der Waals surface area contributed by atoms with Gasteiger partial charge in [-0.15, -0.1) is 0 Å². The fourth-order valence-corrected chi connectivity index (χ4v) is 1.71. The summed E-state index contributed by atoms with van der Waals surface area (Å²) in [4.78, 5) is 32.0. The summed E-state index contributed by atoms with van der Waals surface area (Å²) < 4.78 is 0. The van der Waals surface area contributed by atoms with Gasteiger partial charge in [0.25, 0.3) is 5.24 Å². The predicted molar refractivity (Wildman–Crippen MR) is 41.7 cm³/mol. The van der Waals surface area contributed by atoms with E-state index in [0.29, 0.717) is 0 Å². The number of carboxylic acid groups (broad SMARTS) is 1. The van der Waals surface area contributed by atoms with Crippen LogP contribution in [0.25, 0.3) is 0 Å². The Kier molecular flexibility index (Phi) is 2.37. The van der Waals surface area contributed by atoms with Crippen LogP contribution in [0, 0.1) is 5.92 Å². The molecule has 0 radical (unpaired) electrons. The highest BCUT2D eigenvalue weighted by Crippen LogP contribution is 2.25. The molecule has 6 heteroatoms. The van der Waals surface area contributed by atoms with Gasteiger partial charge in [-0.1, -0.05) is 18.7 Å².